The van der Waals surface area contributed by atoms with Crippen LogP contribution in [0.3, 0.4) is 0 Å². The smallest absolute Gasteiger partial charge is 0.0992 e. The van der Waals surface area contributed by atoms with Crippen LogP contribution in [-0.2, 0) is 0 Å². The second-order valence-electron chi connectivity index (χ2n) is 5.82. The number of anilines is 1. The Hall–Kier alpha value is -1.01. The van der Waals surface area contributed by atoms with Gasteiger partial charge in [0.2, 0.25) is 0 Å². The molecule has 0 aromatic heterocycles. The molecular weight excluding hydrogens is 300 g/mol. The number of hydrogen-bond donors (Lipinski definition) is 0. The van der Waals surface area contributed by atoms with Crippen molar-refractivity contribution in [3.63, 3.8) is 0 Å². The first-order valence-electron chi connectivity index (χ1n) is 7.22. The van der Waals surface area contributed by atoms with E-state index < -0.39 is 0 Å². The molecule has 100 valence electrons. The largest absolute Gasteiger partial charge is 0.370 e. The van der Waals surface area contributed by atoms with Gasteiger partial charge < -0.3 is 4.90 Å². The van der Waals surface area contributed by atoms with E-state index in [4.69, 9.17) is 5.26 Å². The van der Waals surface area contributed by atoms with Crippen LogP contribution in [0.5, 0.6) is 0 Å². The molecule has 0 spiro atoms. The summed E-state index contributed by atoms with van der Waals surface area (Å²) in [5.41, 5.74) is 1.98. The summed E-state index contributed by atoms with van der Waals surface area (Å²) in [5.74, 6) is 1.84. The normalized spacial score (nSPS) is 26.6. The molecule has 0 amide bonds. The second kappa shape index (κ2) is 5.54. The van der Waals surface area contributed by atoms with E-state index in [1.54, 1.807) is 0 Å². The first-order chi connectivity index (χ1) is 9.28. The van der Waals surface area contributed by atoms with Crippen LogP contribution >= 0.6 is 15.9 Å². The van der Waals surface area contributed by atoms with E-state index in [9.17, 15) is 0 Å². The number of benzene rings is 1. The van der Waals surface area contributed by atoms with Gasteiger partial charge in [-0.3, -0.25) is 0 Å². The predicted octanol–water partition coefficient (Wildman–Crippen LogP) is 4.34. The van der Waals surface area contributed by atoms with Gasteiger partial charge in [-0.05, 0) is 58.8 Å². The highest BCUT2D eigenvalue weighted by molar-refractivity contribution is 9.10. The zero-order chi connectivity index (χ0) is 13.2. The molecule has 1 saturated heterocycles. The maximum Gasteiger partial charge on any atom is 0.0992 e. The summed E-state index contributed by atoms with van der Waals surface area (Å²) in [4.78, 5) is 2.50. The van der Waals surface area contributed by atoms with Crippen LogP contribution in [0.2, 0.25) is 0 Å². The maximum absolute atomic E-state index is 8.93. The van der Waals surface area contributed by atoms with E-state index in [1.807, 2.05) is 12.1 Å². The molecule has 0 bridgehead atoms. The number of halogens is 1. The third-order valence-corrected chi connectivity index (χ3v) is 5.34. The molecule has 3 rings (SSSR count). The molecule has 1 aliphatic carbocycles. The van der Waals surface area contributed by atoms with Gasteiger partial charge in [0, 0.05) is 17.6 Å². The molecule has 1 aliphatic heterocycles. The van der Waals surface area contributed by atoms with Crippen LogP contribution in [0.1, 0.15) is 37.7 Å². The van der Waals surface area contributed by atoms with Gasteiger partial charge in [0.1, 0.15) is 0 Å². The zero-order valence-corrected chi connectivity index (χ0v) is 12.7. The molecule has 3 heteroatoms. The molecule has 19 heavy (non-hydrogen) atoms. The molecule has 1 saturated carbocycles. The lowest BCUT2D eigenvalue weighted by atomic mass is 9.75. The Morgan fingerprint density at radius 1 is 1.16 bits per heavy atom. The molecule has 2 aliphatic rings. The summed E-state index contributed by atoms with van der Waals surface area (Å²) in [6.45, 7) is 2.35. The second-order valence-corrected chi connectivity index (χ2v) is 6.67. The zero-order valence-electron chi connectivity index (χ0n) is 11.1. The Bertz CT molecular complexity index is 506. The number of nitrogens with zero attached hydrogens (tertiary/aromatic N) is 2. The molecule has 1 heterocycles. The predicted molar refractivity (Wildman–Crippen MR) is 81.1 cm³/mol. The van der Waals surface area contributed by atoms with Crippen molar-refractivity contribution in [1.82, 2.24) is 0 Å². The van der Waals surface area contributed by atoms with Crippen molar-refractivity contribution in [3.05, 3.63) is 28.2 Å². The average molecular weight is 319 g/mol. The third-order valence-electron chi connectivity index (χ3n) is 4.71. The maximum atomic E-state index is 8.93. The first kappa shape index (κ1) is 13.0. The molecule has 2 atom stereocenters. The topological polar surface area (TPSA) is 27.0 Å². The molecule has 0 radical (unpaired) electrons. The number of hydrogen-bond acceptors (Lipinski definition) is 2. The van der Waals surface area contributed by atoms with Crippen LogP contribution in [0.4, 0.5) is 5.69 Å². The average Bonchev–Trinajstić information content (AvgIpc) is 2.46. The van der Waals surface area contributed by atoms with Crippen molar-refractivity contribution in [2.75, 3.05) is 18.0 Å². The van der Waals surface area contributed by atoms with E-state index in [0.717, 1.165) is 28.4 Å². The van der Waals surface area contributed by atoms with Gasteiger partial charge in [-0.25, -0.2) is 0 Å². The summed E-state index contributed by atoms with van der Waals surface area (Å²) in [5, 5.41) is 8.93. The minimum atomic E-state index is 0.725. The standard InChI is InChI=1S/C16H19BrN2/c17-15-9-12(10-18)5-6-16(15)19-8-7-13-3-1-2-4-14(13)11-19/h5-6,9,13-14H,1-4,7-8,11H2. The van der Waals surface area contributed by atoms with Crippen molar-refractivity contribution < 1.29 is 0 Å². The van der Waals surface area contributed by atoms with E-state index in [-0.39, 0.29) is 0 Å². The number of fused-ring (bicyclic) bond motifs is 1. The fourth-order valence-electron chi connectivity index (χ4n) is 3.65. The van der Waals surface area contributed by atoms with Crippen molar-refractivity contribution in [3.8, 4) is 6.07 Å². The highest BCUT2D eigenvalue weighted by atomic mass is 79.9. The van der Waals surface area contributed by atoms with Crippen molar-refractivity contribution in [2.45, 2.75) is 32.1 Å². The van der Waals surface area contributed by atoms with Crippen LogP contribution in [0.15, 0.2) is 22.7 Å². The van der Waals surface area contributed by atoms with Gasteiger partial charge in [-0.15, -0.1) is 0 Å². The number of piperidine rings is 1. The minimum Gasteiger partial charge on any atom is -0.370 e. The van der Waals surface area contributed by atoms with Crippen molar-refractivity contribution in [2.24, 2.45) is 11.8 Å². The highest BCUT2D eigenvalue weighted by Crippen LogP contribution is 2.39. The lowest BCUT2D eigenvalue weighted by Gasteiger charge is -2.42. The van der Waals surface area contributed by atoms with E-state index in [0.29, 0.717) is 0 Å². The Morgan fingerprint density at radius 2 is 1.95 bits per heavy atom. The molecule has 2 nitrogen and oxygen atoms in total. The minimum absolute atomic E-state index is 0.725. The highest BCUT2D eigenvalue weighted by Gasteiger charge is 2.31. The monoisotopic (exact) mass is 318 g/mol. The summed E-state index contributed by atoms with van der Waals surface area (Å²) < 4.78 is 1.06. The molecule has 1 aromatic rings. The fourth-order valence-corrected chi connectivity index (χ4v) is 4.28. The fraction of sp³-hybridized carbons (Fsp3) is 0.562. The van der Waals surface area contributed by atoms with Gasteiger partial charge in [-0.1, -0.05) is 19.3 Å². The Labute approximate surface area is 123 Å². The SMILES string of the molecule is N#Cc1ccc(N2CCC3CCCCC3C2)c(Br)c1. The van der Waals surface area contributed by atoms with Crippen molar-refractivity contribution >= 4 is 21.6 Å². The third kappa shape index (κ3) is 2.65. The van der Waals surface area contributed by atoms with Gasteiger partial charge in [-0.2, -0.15) is 5.26 Å². The lowest BCUT2D eigenvalue weighted by Crippen LogP contribution is -2.41. The van der Waals surface area contributed by atoms with Crippen molar-refractivity contribution in [1.29, 1.82) is 5.26 Å². The van der Waals surface area contributed by atoms with Gasteiger partial charge in [0.15, 0.2) is 0 Å². The van der Waals surface area contributed by atoms with Crippen LogP contribution in [0, 0.1) is 23.2 Å². The molecule has 2 fully saturated rings. The first-order valence-corrected chi connectivity index (χ1v) is 8.02. The Balaban J connectivity index is 1.78. The quantitative estimate of drug-likeness (QED) is 0.770. The van der Waals surface area contributed by atoms with Crippen LogP contribution in [0.25, 0.3) is 0 Å². The van der Waals surface area contributed by atoms with E-state index in [1.165, 1.54) is 44.3 Å². The lowest BCUT2D eigenvalue weighted by molar-refractivity contribution is 0.202. The van der Waals surface area contributed by atoms with Crippen LogP contribution < -0.4 is 4.90 Å². The Kier molecular flexibility index (Phi) is 3.79. The van der Waals surface area contributed by atoms with E-state index >= 15 is 0 Å². The Morgan fingerprint density at radius 3 is 2.68 bits per heavy atom. The summed E-state index contributed by atoms with van der Waals surface area (Å²) in [6, 6.07) is 8.14. The summed E-state index contributed by atoms with van der Waals surface area (Å²) >= 11 is 3.62. The molecule has 1 aromatic carbocycles. The number of rotatable bonds is 1. The van der Waals surface area contributed by atoms with E-state index in [2.05, 4.69) is 33.0 Å². The van der Waals surface area contributed by atoms with Crippen LogP contribution in [-0.4, -0.2) is 13.1 Å². The molecule has 0 N–H and O–H groups in total. The van der Waals surface area contributed by atoms with Gasteiger partial charge >= 0.3 is 0 Å². The molecular formula is C16H19BrN2. The molecule has 2 unspecified atom stereocenters. The van der Waals surface area contributed by atoms with Gasteiger partial charge in [0.25, 0.3) is 0 Å². The number of nitriles is 1. The summed E-state index contributed by atoms with van der Waals surface area (Å²) in [6.07, 6.45) is 7.00. The van der Waals surface area contributed by atoms with Gasteiger partial charge in [0.05, 0.1) is 17.3 Å². The summed E-state index contributed by atoms with van der Waals surface area (Å²) in [7, 11) is 0.